The van der Waals surface area contributed by atoms with Gasteiger partial charge in [0, 0.05) is 0 Å². The number of nitrogens with zero attached hydrogens (tertiary/aromatic N) is 2. The molecule has 0 saturated carbocycles. The van der Waals surface area contributed by atoms with Gasteiger partial charge in [-0.25, -0.2) is 9.37 Å². The van der Waals surface area contributed by atoms with E-state index in [1.807, 2.05) is 6.07 Å². The highest BCUT2D eigenvalue weighted by Gasteiger charge is 2.08. The lowest BCUT2D eigenvalue weighted by molar-refractivity contribution is 0.112. The van der Waals surface area contributed by atoms with E-state index in [-0.39, 0.29) is 22.8 Å². The van der Waals surface area contributed by atoms with Gasteiger partial charge in [-0.05, 0) is 36.8 Å². The molecule has 0 aliphatic rings. The summed E-state index contributed by atoms with van der Waals surface area (Å²) in [5.41, 5.74) is 1.41. The van der Waals surface area contributed by atoms with Gasteiger partial charge < -0.3 is 5.32 Å². The number of aryl methyl sites for hydroxylation is 1. The van der Waals surface area contributed by atoms with Crippen LogP contribution in [0.4, 0.5) is 15.9 Å². The van der Waals surface area contributed by atoms with Crippen molar-refractivity contribution in [3.05, 3.63) is 53.0 Å². The fourth-order valence-corrected chi connectivity index (χ4v) is 1.58. The Hall–Kier alpha value is -2.74. The molecular formula is C14H10FN3O. The SMILES string of the molecule is Cc1ccc(Nc2nc(C#N)ccc2C=O)c(F)c1. The highest BCUT2D eigenvalue weighted by Crippen LogP contribution is 2.21. The second-order valence-corrected chi connectivity index (χ2v) is 3.97. The Kier molecular flexibility index (Phi) is 3.53. The molecule has 1 heterocycles. The molecule has 1 N–H and O–H groups in total. The Morgan fingerprint density at radius 3 is 2.79 bits per heavy atom. The maximum absolute atomic E-state index is 13.7. The number of anilines is 2. The number of benzene rings is 1. The molecule has 0 amide bonds. The van der Waals surface area contributed by atoms with Crippen LogP contribution in [0.3, 0.4) is 0 Å². The molecule has 94 valence electrons. The molecular weight excluding hydrogens is 245 g/mol. The van der Waals surface area contributed by atoms with Gasteiger partial charge in [0.05, 0.1) is 11.3 Å². The lowest BCUT2D eigenvalue weighted by Gasteiger charge is -2.09. The van der Waals surface area contributed by atoms with Crippen molar-refractivity contribution in [1.82, 2.24) is 4.98 Å². The molecule has 2 rings (SSSR count). The molecule has 0 saturated heterocycles. The zero-order valence-electron chi connectivity index (χ0n) is 10.1. The summed E-state index contributed by atoms with van der Waals surface area (Å²) in [6, 6.07) is 9.43. The van der Waals surface area contributed by atoms with E-state index in [9.17, 15) is 9.18 Å². The van der Waals surface area contributed by atoms with Gasteiger partial charge in [-0.1, -0.05) is 6.07 Å². The van der Waals surface area contributed by atoms with Gasteiger partial charge in [0.25, 0.3) is 0 Å². The summed E-state index contributed by atoms with van der Waals surface area (Å²) in [6.45, 7) is 1.78. The Labute approximate surface area is 109 Å². The zero-order valence-corrected chi connectivity index (χ0v) is 10.1. The maximum Gasteiger partial charge on any atom is 0.153 e. The summed E-state index contributed by atoms with van der Waals surface area (Å²) in [7, 11) is 0. The van der Waals surface area contributed by atoms with Crippen LogP contribution in [0.25, 0.3) is 0 Å². The number of pyridine rings is 1. The molecule has 2 aromatic rings. The molecule has 0 unspecified atom stereocenters. The Balaban J connectivity index is 2.42. The largest absolute Gasteiger partial charge is 0.337 e. The number of carbonyl (C=O) groups excluding carboxylic acids is 1. The van der Waals surface area contributed by atoms with Crippen LogP contribution in [-0.4, -0.2) is 11.3 Å². The predicted molar refractivity (Wildman–Crippen MR) is 68.8 cm³/mol. The molecule has 0 aliphatic carbocycles. The van der Waals surface area contributed by atoms with Gasteiger partial charge in [0.2, 0.25) is 0 Å². The number of hydrogen-bond acceptors (Lipinski definition) is 4. The number of aldehydes is 1. The van der Waals surface area contributed by atoms with E-state index < -0.39 is 5.82 Å². The van der Waals surface area contributed by atoms with Crippen LogP contribution < -0.4 is 5.32 Å². The first kappa shape index (κ1) is 12.7. The van der Waals surface area contributed by atoms with Crippen LogP contribution in [0.1, 0.15) is 21.6 Å². The summed E-state index contributed by atoms with van der Waals surface area (Å²) in [5.74, 6) is -0.280. The standard InChI is InChI=1S/C14H10FN3O/c1-9-2-5-13(12(15)6-9)18-14-10(8-19)3-4-11(7-16)17-14/h2-6,8H,1H3,(H,17,18). The minimum atomic E-state index is -0.444. The van der Waals surface area contributed by atoms with Gasteiger partial charge >= 0.3 is 0 Å². The number of rotatable bonds is 3. The fraction of sp³-hybridized carbons (Fsp3) is 0.0714. The Morgan fingerprint density at radius 1 is 1.37 bits per heavy atom. The zero-order chi connectivity index (χ0) is 13.8. The summed E-state index contributed by atoms with van der Waals surface area (Å²) in [6.07, 6.45) is 0.600. The van der Waals surface area contributed by atoms with Crippen LogP contribution in [0.2, 0.25) is 0 Å². The molecule has 1 aromatic heterocycles. The van der Waals surface area contributed by atoms with Crippen LogP contribution >= 0.6 is 0 Å². The van der Waals surface area contributed by atoms with Crippen molar-refractivity contribution >= 4 is 17.8 Å². The summed E-state index contributed by atoms with van der Waals surface area (Å²) in [4.78, 5) is 14.9. The quantitative estimate of drug-likeness (QED) is 0.856. The lowest BCUT2D eigenvalue weighted by atomic mass is 10.2. The average Bonchev–Trinajstić information content (AvgIpc) is 2.41. The van der Waals surface area contributed by atoms with Crippen molar-refractivity contribution in [3.8, 4) is 6.07 Å². The summed E-state index contributed by atoms with van der Waals surface area (Å²) in [5, 5.41) is 11.5. The Morgan fingerprint density at radius 2 is 2.16 bits per heavy atom. The average molecular weight is 255 g/mol. The Bertz CT molecular complexity index is 677. The predicted octanol–water partition coefficient (Wildman–Crippen LogP) is 2.96. The fourth-order valence-electron chi connectivity index (χ4n) is 1.58. The highest BCUT2D eigenvalue weighted by atomic mass is 19.1. The monoisotopic (exact) mass is 255 g/mol. The van der Waals surface area contributed by atoms with Crippen molar-refractivity contribution in [2.45, 2.75) is 6.92 Å². The minimum absolute atomic E-state index is 0.153. The highest BCUT2D eigenvalue weighted by molar-refractivity contribution is 5.84. The number of carbonyl (C=O) groups is 1. The van der Waals surface area contributed by atoms with Gasteiger partial charge in [0.1, 0.15) is 23.4 Å². The molecule has 0 fully saturated rings. The van der Waals surface area contributed by atoms with Gasteiger partial charge in [-0.15, -0.1) is 0 Å². The van der Waals surface area contributed by atoms with Crippen LogP contribution in [0.5, 0.6) is 0 Å². The third kappa shape index (κ3) is 2.75. The first-order valence-corrected chi connectivity index (χ1v) is 5.53. The molecule has 1 aromatic carbocycles. The first-order valence-electron chi connectivity index (χ1n) is 5.53. The van der Waals surface area contributed by atoms with Gasteiger partial charge in [0.15, 0.2) is 6.29 Å². The van der Waals surface area contributed by atoms with Crippen molar-refractivity contribution in [1.29, 1.82) is 5.26 Å². The molecule has 0 aliphatic heterocycles. The lowest BCUT2D eigenvalue weighted by Crippen LogP contribution is -2.01. The minimum Gasteiger partial charge on any atom is -0.337 e. The molecule has 0 bridgehead atoms. The maximum atomic E-state index is 13.7. The van der Waals surface area contributed by atoms with E-state index in [1.165, 1.54) is 18.2 Å². The van der Waals surface area contributed by atoms with E-state index in [0.29, 0.717) is 6.29 Å². The molecule has 4 nitrogen and oxygen atoms in total. The first-order chi connectivity index (χ1) is 9.13. The van der Waals surface area contributed by atoms with Crippen molar-refractivity contribution in [2.24, 2.45) is 0 Å². The number of aromatic nitrogens is 1. The number of halogens is 1. The third-order valence-corrected chi connectivity index (χ3v) is 2.55. The van der Waals surface area contributed by atoms with Crippen molar-refractivity contribution in [3.63, 3.8) is 0 Å². The van der Waals surface area contributed by atoms with Gasteiger partial charge in [-0.3, -0.25) is 4.79 Å². The second-order valence-electron chi connectivity index (χ2n) is 3.97. The normalized spacial score (nSPS) is 9.74. The van der Waals surface area contributed by atoms with E-state index in [0.717, 1.165) is 5.56 Å². The molecule has 0 spiro atoms. The molecule has 0 radical (unpaired) electrons. The summed E-state index contributed by atoms with van der Waals surface area (Å²) < 4.78 is 13.7. The van der Waals surface area contributed by atoms with E-state index in [2.05, 4.69) is 10.3 Å². The van der Waals surface area contributed by atoms with Crippen LogP contribution in [-0.2, 0) is 0 Å². The molecule has 0 atom stereocenters. The number of nitriles is 1. The number of hydrogen-bond donors (Lipinski definition) is 1. The van der Waals surface area contributed by atoms with Crippen molar-refractivity contribution in [2.75, 3.05) is 5.32 Å². The van der Waals surface area contributed by atoms with E-state index >= 15 is 0 Å². The smallest absolute Gasteiger partial charge is 0.153 e. The van der Waals surface area contributed by atoms with Gasteiger partial charge in [-0.2, -0.15) is 5.26 Å². The molecule has 19 heavy (non-hydrogen) atoms. The second kappa shape index (κ2) is 5.27. The van der Waals surface area contributed by atoms with E-state index in [1.54, 1.807) is 19.1 Å². The van der Waals surface area contributed by atoms with Crippen LogP contribution in [0.15, 0.2) is 30.3 Å². The number of nitrogens with one attached hydrogen (secondary N) is 1. The van der Waals surface area contributed by atoms with Crippen molar-refractivity contribution < 1.29 is 9.18 Å². The van der Waals surface area contributed by atoms with Crippen LogP contribution in [0, 0.1) is 24.1 Å². The third-order valence-electron chi connectivity index (χ3n) is 2.55. The van der Waals surface area contributed by atoms with E-state index in [4.69, 9.17) is 5.26 Å². The molecule has 5 heteroatoms. The topological polar surface area (TPSA) is 65.8 Å². The summed E-state index contributed by atoms with van der Waals surface area (Å²) >= 11 is 0.